The summed E-state index contributed by atoms with van der Waals surface area (Å²) in [5.41, 5.74) is 9.36. The van der Waals surface area contributed by atoms with Crippen LogP contribution in [0.1, 0.15) is 0 Å². The van der Waals surface area contributed by atoms with Crippen molar-refractivity contribution < 1.29 is 0 Å². The summed E-state index contributed by atoms with van der Waals surface area (Å²) in [5.74, 6) is 0. The molecule has 188 valence electrons. The van der Waals surface area contributed by atoms with E-state index in [1.165, 1.54) is 32.7 Å². The average molecular weight is 511 g/mol. The smallest absolute Gasteiger partial charge is 0.0703 e. The highest BCUT2D eigenvalue weighted by Gasteiger charge is 2.30. The van der Waals surface area contributed by atoms with Gasteiger partial charge in [-0.05, 0) is 87.3 Å². The maximum Gasteiger partial charge on any atom is 0.0703 e. The Balaban J connectivity index is 1.29. The fraction of sp³-hybridized carbons (Fsp3) is 0. The summed E-state index contributed by atoms with van der Waals surface area (Å²) in [6.07, 6.45) is 0. The first kappa shape index (κ1) is 22.6. The molecule has 0 spiro atoms. The first-order chi connectivity index (χ1) is 19.8. The summed E-state index contributed by atoms with van der Waals surface area (Å²) in [6.45, 7) is 0. The van der Waals surface area contributed by atoms with E-state index in [2.05, 4.69) is 168 Å². The molecule has 0 N–H and O–H groups in total. The third kappa shape index (κ3) is 3.65. The Kier molecular flexibility index (Phi) is 5.17. The minimum Gasteiger partial charge on any atom is -0.306 e. The molecule has 0 fully saturated rings. The molecule has 7 aromatic rings. The molecule has 1 aliphatic rings. The Morgan fingerprint density at radius 1 is 0.275 bits per heavy atom. The van der Waals surface area contributed by atoms with Gasteiger partial charge in [0.2, 0.25) is 0 Å². The van der Waals surface area contributed by atoms with Gasteiger partial charge >= 0.3 is 0 Å². The largest absolute Gasteiger partial charge is 0.306 e. The molecule has 8 rings (SSSR count). The Bertz CT molecular complexity index is 1990. The van der Waals surface area contributed by atoms with Crippen LogP contribution in [0.5, 0.6) is 0 Å². The molecule has 2 nitrogen and oxygen atoms in total. The lowest BCUT2D eigenvalue weighted by atomic mass is 9.99. The Morgan fingerprint density at radius 3 is 1.32 bits per heavy atom. The molecule has 7 aromatic carbocycles. The second-order valence-electron chi connectivity index (χ2n) is 10.3. The van der Waals surface area contributed by atoms with Crippen LogP contribution in [0.3, 0.4) is 0 Å². The van der Waals surface area contributed by atoms with Gasteiger partial charge in [-0.25, -0.2) is 0 Å². The van der Waals surface area contributed by atoms with Crippen LogP contribution in [-0.2, 0) is 0 Å². The van der Waals surface area contributed by atoms with Crippen molar-refractivity contribution >= 4 is 55.7 Å². The summed E-state index contributed by atoms with van der Waals surface area (Å²) in [7, 11) is 0. The lowest BCUT2D eigenvalue weighted by Gasteiger charge is -2.40. The van der Waals surface area contributed by atoms with Crippen molar-refractivity contribution in [1.82, 2.24) is 0 Å². The maximum atomic E-state index is 2.40. The van der Waals surface area contributed by atoms with E-state index in [9.17, 15) is 0 Å². The summed E-state index contributed by atoms with van der Waals surface area (Å²) in [4.78, 5) is 4.79. The molecule has 0 aromatic heterocycles. The number of rotatable bonds is 3. The van der Waals surface area contributed by atoms with Gasteiger partial charge in [0.1, 0.15) is 0 Å². The van der Waals surface area contributed by atoms with Gasteiger partial charge in [0.25, 0.3) is 0 Å². The molecule has 2 heteroatoms. The summed E-state index contributed by atoms with van der Waals surface area (Å²) in [6, 6.07) is 56.9. The van der Waals surface area contributed by atoms with Gasteiger partial charge in [-0.3, -0.25) is 0 Å². The zero-order chi connectivity index (χ0) is 26.5. The fourth-order valence-corrected chi connectivity index (χ4v) is 6.01. The lowest BCUT2D eigenvalue weighted by Crippen LogP contribution is -2.23. The van der Waals surface area contributed by atoms with E-state index < -0.39 is 0 Å². The van der Waals surface area contributed by atoms with Crippen LogP contribution in [0.4, 0.5) is 34.1 Å². The topological polar surface area (TPSA) is 6.48 Å². The van der Waals surface area contributed by atoms with Gasteiger partial charge in [-0.1, -0.05) is 103 Å². The summed E-state index contributed by atoms with van der Waals surface area (Å²) in [5, 5.41) is 5.00. The van der Waals surface area contributed by atoms with Crippen molar-refractivity contribution in [3.8, 4) is 11.1 Å². The van der Waals surface area contributed by atoms with Gasteiger partial charge in [0, 0.05) is 11.4 Å². The third-order valence-corrected chi connectivity index (χ3v) is 7.91. The lowest BCUT2D eigenvalue weighted by molar-refractivity contribution is 1.17. The van der Waals surface area contributed by atoms with Crippen LogP contribution >= 0.6 is 0 Å². The highest BCUT2D eigenvalue weighted by atomic mass is 15.3. The van der Waals surface area contributed by atoms with E-state index in [0.29, 0.717) is 0 Å². The molecular formula is C38H26N2. The molecule has 0 aliphatic carbocycles. The maximum absolute atomic E-state index is 2.40. The van der Waals surface area contributed by atoms with Crippen molar-refractivity contribution in [2.45, 2.75) is 0 Å². The van der Waals surface area contributed by atoms with Gasteiger partial charge < -0.3 is 9.80 Å². The molecule has 0 radical (unpaired) electrons. The number of benzene rings is 7. The first-order valence-electron chi connectivity index (χ1n) is 13.7. The zero-order valence-corrected chi connectivity index (χ0v) is 21.9. The minimum absolute atomic E-state index is 1.14. The van der Waals surface area contributed by atoms with E-state index in [1.807, 2.05) is 0 Å². The van der Waals surface area contributed by atoms with E-state index in [0.717, 1.165) is 34.1 Å². The molecule has 1 aliphatic heterocycles. The number of anilines is 6. The zero-order valence-electron chi connectivity index (χ0n) is 21.9. The number of para-hydroxylation sites is 4. The average Bonchev–Trinajstić information content (AvgIpc) is 3.03. The molecule has 0 bridgehead atoms. The molecular weight excluding hydrogens is 484 g/mol. The fourth-order valence-electron chi connectivity index (χ4n) is 6.01. The standard InChI is InChI=1S/C38H26N2/c1-3-12-29-24-32(21-20-27(29)10-1)31-14-9-15-33(26-31)39-35-16-5-7-18-37(35)40(38-19-8-6-17-36(38)39)34-23-22-28-11-2-4-13-30(28)25-34/h1-26H. The van der Waals surface area contributed by atoms with E-state index in [-0.39, 0.29) is 0 Å². The van der Waals surface area contributed by atoms with Crippen LogP contribution in [0.2, 0.25) is 0 Å². The molecule has 0 unspecified atom stereocenters. The monoisotopic (exact) mass is 510 g/mol. The SMILES string of the molecule is c1cc(-c2ccc3ccccc3c2)cc(N2c3ccccc3N(c3ccc4ccccc4c3)c3ccccc32)c1. The predicted octanol–water partition coefficient (Wildman–Crippen LogP) is 10.9. The summed E-state index contributed by atoms with van der Waals surface area (Å²) >= 11 is 0. The quantitative estimate of drug-likeness (QED) is 0.233. The Hall–Kier alpha value is -5.34. The minimum atomic E-state index is 1.14. The van der Waals surface area contributed by atoms with E-state index in [1.54, 1.807) is 0 Å². The predicted molar refractivity (Wildman–Crippen MR) is 170 cm³/mol. The van der Waals surface area contributed by atoms with Crippen molar-refractivity contribution in [2.24, 2.45) is 0 Å². The second kappa shape index (κ2) is 9.14. The van der Waals surface area contributed by atoms with Crippen molar-refractivity contribution in [2.75, 3.05) is 9.80 Å². The number of hydrogen-bond donors (Lipinski definition) is 0. The highest BCUT2D eigenvalue weighted by molar-refractivity contribution is 6.03. The molecule has 0 amide bonds. The van der Waals surface area contributed by atoms with Crippen molar-refractivity contribution in [3.05, 3.63) is 158 Å². The third-order valence-electron chi connectivity index (χ3n) is 7.91. The van der Waals surface area contributed by atoms with Crippen LogP contribution in [0.25, 0.3) is 32.7 Å². The van der Waals surface area contributed by atoms with Crippen LogP contribution in [0, 0.1) is 0 Å². The molecule has 0 saturated carbocycles. The second-order valence-corrected chi connectivity index (χ2v) is 10.3. The Morgan fingerprint density at radius 2 is 0.725 bits per heavy atom. The van der Waals surface area contributed by atoms with Gasteiger partial charge in [-0.2, -0.15) is 0 Å². The number of fused-ring (bicyclic) bond motifs is 4. The first-order valence-corrected chi connectivity index (χ1v) is 13.7. The van der Waals surface area contributed by atoms with E-state index >= 15 is 0 Å². The van der Waals surface area contributed by atoms with Crippen molar-refractivity contribution in [3.63, 3.8) is 0 Å². The summed E-state index contributed by atoms with van der Waals surface area (Å²) < 4.78 is 0. The number of hydrogen-bond acceptors (Lipinski definition) is 2. The normalized spacial score (nSPS) is 12.4. The van der Waals surface area contributed by atoms with Gasteiger partial charge in [0.15, 0.2) is 0 Å². The molecule has 0 atom stereocenters. The molecule has 40 heavy (non-hydrogen) atoms. The number of nitrogens with zero attached hydrogens (tertiary/aromatic N) is 2. The van der Waals surface area contributed by atoms with Crippen LogP contribution < -0.4 is 9.80 Å². The van der Waals surface area contributed by atoms with Crippen molar-refractivity contribution in [1.29, 1.82) is 0 Å². The van der Waals surface area contributed by atoms with Gasteiger partial charge in [-0.15, -0.1) is 0 Å². The highest BCUT2D eigenvalue weighted by Crippen LogP contribution is 2.54. The molecule has 0 saturated heterocycles. The van der Waals surface area contributed by atoms with Crippen LogP contribution in [-0.4, -0.2) is 0 Å². The Labute approximate surface area is 234 Å². The molecule has 1 heterocycles. The van der Waals surface area contributed by atoms with E-state index in [4.69, 9.17) is 0 Å². The van der Waals surface area contributed by atoms with Crippen LogP contribution in [0.15, 0.2) is 158 Å². The van der Waals surface area contributed by atoms with Gasteiger partial charge in [0.05, 0.1) is 22.7 Å².